The molecule has 5 rings (SSSR count). The van der Waals surface area contributed by atoms with Crippen LogP contribution in [0, 0.1) is 19.8 Å². The molecule has 154 valence electrons. The molecule has 2 aliphatic rings. The van der Waals surface area contributed by atoms with Gasteiger partial charge in [-0.25, -0.2) is 4.98 Å². The van der Waals surface area contributed by atoms with Crippen molar-refractivity contribution >= 4 is 11.7 Å². The van der Waals surface area contributed by atoms with Gasteiger partial charge in [0.15, 0.2) is 0 Å². The summed E-state index contributed by atoms with van der Waals surface area (Å²) in [6.07, 6.45) is 7.24. The monoisotopic (exact) mass is 403 g/mol. The van der Waals surface area contributed by atoms with Crippen molar-refractivity contribution < 1.29 is 4.79 Å². The molecule has 2 aliphatic heterocycles. The Morgan fingerprint density at radius 2 is 1.80 bits per heavy atom. The number of fused-ring (bicyclic) bond motifs is 1. The molecule has 0 aliphatic carbocycles. The lowest BCUT2D eigenvalue weighted by atomic mass is 9.91. The van der Waals surface area contributed by atoms with Crippen LogP contribution in [-0.4, -0.2) is 61.4 Å². The highest BCUT2D eigenvalue weighted by molar-refractivity contribution is 5.97. The molecule has 0 spiro atoms. The molecular formula is C22H25N7O. The number of benzene rings is 1. The SMILES string of the molecule is Cc1ncc(N2CC[C@@H]3CCN(C(=O)c4ccccc4-n4nccn4)C[C@@H]32)nc1C. The van der Waals surface area contributed by atoms with Crippen LogP contribution in [0.4, 0.5) is 5.82 Å². The van der Waals surface area contributed by atoms with Crippen LogP contribution in [0.5, 0.6) is 0 Å². The Kier molecular flexibility index (Phi) is 4.69. The summed E-state index contributed by atoms with van der Waals surface area (Å²) in [6, 6.07) is 7.80. The van der Waals surface area contributed by atoms with E-state index in [1.54, 1.807) is 12.4 Å². The lowest BCUT2D eigenvalue weighted by Gasteiger charge is -2.39. The summed E-state index contributed by atoms with van der Waals surface area (Å²) in [7, 11) is 0. The van der Waals surface area contributed by atoms with Gasteiger partial charge in [0.2, 0.25) is 0 Å². The van der Waals surface area contributed by atoms with Crippen molar-refractivity contribution in [1.29, 1.82) is 0 Å². The number of rotatable bonds is 3. The Labute approximate surface area is 175 Å². The van der Waals surface area contributed by atoms with Crippen LogP contribution < -0.4 is 4.90 Å². The molecule has 0 bridgehead atoms. The zero-order valence-corrected chi connectivity index (χ0v) is 17.3. The second-order valence-electron chi connectivity index (χ2n) is 8.08. The maximum Gasteiger partial charge on any atom is 0.256 e. The summed E-state index contributed by atoms with van der Waals surface area (Å²) in [6.45, 7) is 6.40. The molecule has 0 unspecified atom stereocenters. The highest BCUT2D eigenvalue weighted by Gasteiger charge is 2.40. The Balaban J connectivity index is 1.40. The van der Waals surface area contributed by atoms with E-state index in [1.165, 1.54) is 4.80 Å². The summed E-state index contributed by atoms with van der Waals surface area (Å²) in [5.41, 5.74) is 3.25. The second-order valence-corrected chi connectivity index (χ2v) is 8.08. The topological polar surface area (TPSA) is 80.0 Å². The summed E-state index contributed by atoms with van der Waals surface area (Å²) < 4.78 is 0. The standard InChI is InChI=1S/C22H25N7O/c1-15-16(2)26-21(13-23-15)28-12-8-17-7-11-27(14-20(17)28)22(30)18-5-3-4-6-19(18)29-24-9-10-25-29/h3-6,9-10,13,17,20H,7-8,11-12,14H2,1-2H3/t17-,20-/m0/s1. The number of aromatic nitrogens is 5. The summed E-state index contributed by atoms with van der Waals surface area (Å²) in [5.74, 6) is 1.53. The molecule has 0 radical (unpaired) electrons. The lowest BCUT2D eigenvalue weighted by molar-refractivity contribution is 0.0678. The van der Waals surface area contributed by atoms with Gasteiger partial charge in [-0.15, -0.1) is 0 Å². The zero-order chi connectivity index (χ0) is 20.7. The fraction of sp³-hybridized carbons (Fsp3) is 0.409. The normalized spacial score (nSPS) is 21.0. The first-order valence-electron chi connectivity index (χ1n) is 10.4. The van der Waals surface area contributed by atoms with Gasteiger partial charge >= 0.3 is 0 Å². The highest BCUT2D eigenvalue weighted by Crippen LogP contribution is 2.35. The van der Waals surface area contributed by atoms with Gasteiger partial charge < -0.3 is 9.80 Å². The largest absolute Gasteiger partial charge is 0.350 e. The zero-order valence-electron chi connectivity index (χ0n) is 17.3. The molecule has 0 N–H and O–H groups in total. The Bertz CT molecular complexity index is 1070. The van der Waals surface area contributed by atoms with Gasteiger partial charge in [-0.1, -0.05) is 12.1 Å². The molecule has 8 heteroatoms. The van der Waals surface area contributed by atoms with Gasteiger partial charge in [0, 0.05) is 19.6 Å². The number of para-hydroxylation sites is 1. The smallest absolute Gasteiger partial charge is 0.256 e. The van der Waals surface area contributed by atoms with Crippen LogP contribution in [0.1, 0.15) is 34.6 Å². The average Bonchev–Trinajstić information content (AvgIpc) is 3.45. The molecule has 1 aromatic carbocycles. The van der Waals surface area contributed by atoms with Crippen molar-refractivity contribution in [3.8, 4) is 5.69 Å². The fourth-order valence-corrected chi connectivity index (χ4v) is 4.62. The molecular weight excluding hydrogens is 378 g/mol. The summed E-state index contributed by atoms with van der Waals surface area (Å²) in [5, 5.41) is 8.41. The van der Waals surface area contributed by atoms with Gasteiger partial charge in [0.05, 0.1) is 47.3 Å². The predicted molar refractivity (Wildman–Crippen MR) is 113 cm³/mol. The van der Waals surface area contributed by atoms with Crippen LogP contribution >= 0.6 is 0 Å². The van der Waals surface area contributed by atoms with Crippen LogP contribution in [0.25, 0.3) is 5.69 Å². The first-order chi connectivity index (χ1) is 14.6. The third kappa shape index (κ3) is 3.22. The number of hydrogen-bond donors (Lipinski definition) is 0. The van der Waals surface area contributed by atoms with E-state index in [4.69, 9.17) is 4.98 Å². The summed E-state index contributed by atoms with van der Waals surface area (Å²) in [4.78, 5) is 28.5. The predicted octanol–water partition coefficient (Wildman–Crippen LogP) is 2.42. The molecule has 2 fully saturated rings. The molecule has 3 aromatic rings. The van der Waals surface area contributed by atoms with Gasteiger partial charge in [0.1, 0.15) is 5.82 Å². The number of likely N-dealkylation sites (tertiary alicyclic amines) is 1. The van der Waals surface area contributed by atoms with Crippen molar-refractivity contribution in [3.63, 3.8) is 0 Å². The summed E-state index contributed by atoms with van der Waals surface area (Å²) >= 11 is 0. The third-order valence-corrected chi connectivity index (χ3v) is 6.39. The minimum atomic E-state index is 0.0272. The van der Waals surface area contributed by atoms with E-state index in [0.29, 0.717) is 23.7 Å². The van der Waals surface area contributed by atoms with Crippen LogP contribution in [0.2, 0.25) is 0 Å². The maximum atomic E-state index is 13.5. The number of carbonyl (C=O) groups is 1. The van der Waals surface area contributed by atoms with Crippen molar-refractivity contribution in [3.05, 3.63) is 59.8 Å². The van der Waals surface area contributed by atoms with E-state index >= 15 is 0 Å². The van der Waals surface area contributed by atoms with E-state index in [-0.39, 0.29) is 11.9 Å². The number of aryl methyl sites for hydroxylation is 2. The van der Waals surface area contributed by atoms with Gasteiger partial charge in [-0.05, 0) is 44.7 Å². The number of carbonyl (C=O) groups excluding carboxylic acids is 1. The molecule has 2 saturated heterocycles. The highest BCUT2D eigenvalue weighted by atomic mass is 16.2. The van der Waals surface area contributed by atoms with Crippen molar-refractivity contribution in [1.82, 2.24) is 29.9 Å². The number of piperidine rings is 1. The fourth-order valence-electron chi connectivity index (χ4n) is 4.62. The van der Waals surface area contributed by atoms with Crippen molar-refractivity contribution in [2.45, 2.75) is 32.7 Å². The van der Waals surface area contributed by atoms with E-state index in [9.17, 15) is 4.79 Å². The van der Waals surface area contributed by atoms with Gasteiger partial charge in [-0.3, -0.25) is 9.78 Å². The number of hydrogen-bond acceptors (Lipinski definition) is 6. The number of anilines is 1. The average molecular weight is 403 g/mol. The minimum Gasteiger partial charge on any atom is -0.350 e. The minimum absolute atomic E-state index is 0.0272. The van der Waals surface area contributed by atoms with E-state index in [2.05, 4.69) is 20.1 Å². The molecule has 8 nitrogen and oxygen atoms in total. The lowest BCUT2D eigenvalue weighted by Crippen LogP contribution is -2.50. The molecule has 0 saturated carbocycles. The molecule has 30 heavy (non-hydrogen) atoms. The molecule has 2 aromatic heterocycles. The molecule has 1 amide bonds. The Hall–Kier alpha value is -3.29. The van der Waals surface area contributed by atoms with Crippen molar-refractivity contribution in [2.75, 3.05) is 24.5 Å². The van der Waals surface area contributed by atoms with E-state index in [0.717, 1.165) is 43.1 Å². The van der Waals surface area contributed by atoms with Crippen molar-refractivity contribution in [2.24, 2.45) is 5.92 Å². The third-order valence-electron chi connectivity index (χ3n) is 6.39. The Morgan fingerprint density at radius 1 is 1.03 bits per heavy atom. The number of nitrogens with zero attached hydrogens (tertiary/aromatic N) is 7. The number of amides is 1. The Morgan fingerprint density at radius 3 is 2.60 bits per heavy atom. The quantitative estimate of drug-likeness (QED) is 0.668. The van der Waals surface area contributed by atoms with Crippen LogP contribution in [0.15, 0.2) is 42.9 Å². The van der Waals surface area contributed by atoms with Gasteiger partial charge in [0.25, 0.3) is 5.91 Å². The second kappa shape index (κ2) is 7.51. The van der Waals surface area contributed by atoms with Crippen LogP contribution in [-0.2, 0) is 0 Å². The first kappa shape index (κ1) is 18.7. The van der Waals surface area contributed by atoms with E-state index in [1.807, 2.05) is 49.2 Å². The molecule has 2 atom stereocenters. The van der Waals surface area contributed by atoms with E-state index < -0.39 is 0 Å². The maximum absolute atomic E-state index is 13.5. The van der Waals surface area contributed by atoms with Gasteiger partial charge in [-0.2, -0.15) is 15.0 Å². The van der Waals surface area contributed by atoms with Crippen LogP contribution in [0.3, 0.4) is 0 Å². The molecule has 4 heterocycles. The first-order valence-corrected chi connectivity index (χ1v) is 10.4.